The smallest absolute Gasteiger partial charge is 0.321 e. The Morgan fingerprint density at radius 1 is 1.19 bits per heavy atom. The molecule has 1 N–H and O–H groups in total. The maximum Gasteiger partial charge on any atom is 0.321 e. The third-order valence-corrected chi connectivity index (χ3v) is 3.31. The Bertz CT molecular complexity index is 655. The molecule has 4 heteroatoms. The molecule has 21 heavy (non-hydrogen) atoms. The first-order valence-corrected chi connectivity index (χ1v) is 7.17. The van der Waals surface area contributed by atoms with Crippen molar-refractivity contribution in [2.75, 3.05) is 18.4 Å². The molecule has 0 atom stereocenters. The highest BCUT2D eigenvalue weighted by molar-refractivity contribution is 6.01. The fourth-order valence-corrected chi connectivity index (χ4v) is 2.30. The molecular formula is C17H19N3O. The Morgan fingerprint density at radius 2 is 1.95 bits per heavy atom. The summed E-state index contributed by atoms with van der Waals surface area (Å²) in [4.78, 5) is 14.0. The number of nitrogens with one attached hydrogen (secondary N) is 1. The van der Waals surface area contributed by atoms with Crippen molar-refractivity contribution in [3.8, 4) is 6.07 Å². The SMILES string of the molecule is CCCN(CCC#N)C(=O)Nc1cccc2ccccc12. The highest BCUT2D eigenvalue weighted by Crippen LogP contribution is 2.23. The normalized spacial score (nSPS) is 10.1. The standard InChI is InChI=1S/C17H19N3O/c1-2-12-20(13-6-11-18)17(21)19-16-10-5-8-14-7-3-4-9-15(14)16/h3-5,7-10H,2,6,12-13H2,1H3,(H,19,21). The van der Waals surface area contributed by atoms with Crippen molar-refractivity contribution in [1.29, 1.82) is 5.26 Å². The maximum absolute atomic E-state index is 12.4. The van der Waals surface area contributed by atoms with Crippen LogP contribution in [0.4, 0.5) is 10.5 Å². The predicted molar refractivity (Wildman–Crippen MR) is 85.1 cm³/mol. The molecule has 0 saturated heterocycles. The summed E-state index contributed by atoms with van der Waals surface area (Å²) in [7, 11) is 0. The van der Waals surface area contributed by atoms with Gasteiger partial charge in [-0.3, -0.25) is 0 Å². The molecule has 0 spiro atoms. The Hall–Kier alpha value is -2.54. The number of rotatable bonds is 5. The van der Waals surface area contributed by atoms with Crippen LogP contribution >= 0.6 is 0 Å². The van der Waals surface area contributed by atoms with E-state index in [1.165, 1.54) is 0 Å². The van der Waals surface area contributed by atoms with Gasteiger partial charge < -0.3 is 10.2 Å². The molecule has 0 aliphatic rings. The Morgan fingerprint density at radius 3 is 2.71 bits per heavy atom. The number of hydrogen-bond donors (Lipinski definition) is 1. The van der Waals surface area contributed by atoms with Crippen molar-refractivity contribution in [1.82, 2.24) is 4.90 Å². The lowest BCUT2D eigenvalue weighted by molar-refractivity contribution is 0.213. The van der Waals surface area contributed by atoms with Crippen molar-refractivity contribution in [2.45, 2.75) is 19.8 Å². The minimum absolute atomic E-state index is 0.150. The molecule has 2 aromatic rings. The van der Waals surface area contributed by atoms with Crippen LogP contribution in [0.15, 0.2) is 42.5 Å². The molecule has 2 amide bonds. The Labute approximate surface area is 125 Å². The molecule has 2 aromatic carbocycles. The fourth-order valence-electron chi connectivity index (χ4n) is 2.30. The molecule has 0 unspecified atom stereocenters. The number of hydrogen-bond acceptors (Lipinski definition) is 2. The molecule has 0 bridgehead atoms. The van der Waals surface area contributed by atoms with Gasteiger partial charge in [0.05, 0.1) is 18.2 Å². The number of nitrogens with zero attached hydrogens (tertiary/aromatic N) is 2. The molecule has 0 heterocycles. The monoisotopic (exact) mass is 281 g/mol. The minimum Gasteiger partial charge on any atom is -0.324 e. The Kier molecular flexibility index (Phi) is 5.16. The van der Waals surface area contributed by atoms with E-state index in [1.807, 2.05) is 49.4 Å². The number of nitriles is 1. The van der Waals surface area contributed by atoms with E-state index >= 15 is 0 Å². The van der Waals surface area contributed by atoms with Gasteiger partial charge in [-0.25, -0.2) is 4.79 Å². The van der Waals surface area contributed by atoms with Crippen LogP contribution in [-0.4, -0.2) is 24.0 Å². The van der Waals surface area contributed by atoms with E-state index in [0.29, 0.717) is 19.5 Å². The van der Waals surface area contributed by atoms with Gasteiger partial charge in [-0.1, -0.05) is 43.3 Å². The number of carbonyl (C=O) groups excluding carboxylic acids is 1. The van der Waals surface area contributed by atoms with Crippen LogP contribution in [0.3, 0.4) is 0 Å². The summed E-state index contributed by atoms with van der Waals surface area (Å²) in [5, 5.41) is 13.8. The second-order valence-electron chi connectivity index (χ2n) is 4.85. The summed E-state index contributed by atoms with van der Waals surface area (Å²) in [6.07, 6.45) is 1.22. The van der Waals surface area contributed by atoms with Gasteiger partial charge in [0.15, 0.2) is 0 Å². The average molecular weight is 281 g/mol. The van der Waals surface area contributed by atoms with Gasteiger partial charge in [0.1, 0.15) is 0 Å². The van der Waals surface area contributed by atoms with Crippen LogP contribution in [0, 0.1) is 11.3 Å². The number of urea groups is 1. The van der Waals surface area contributed by atoms with Crippen molar-refractivity contribution in [3.05, 3.63) is 42.5 Å². The van der Waals surface area contributed by atoms with E-state index in [9.17, 15) is 4.79 Å². The summed E-state index contributed by atoms with van der Waals surface area (Å²) in [6.45, 7) is 3.13. The van der Waals surface area contributed by atoms with E-state index in [4.69, 9.17) is 5.26 Å². The number of benzene rings is 2. The largest absolute Gasteiger partial charge is 0.324 e. The molecule has 4 nitrogen and oxygen atoms in total. The molecule has 2 rings (SSSR count). The van der Waals surface area contributed by atoms with Crippen molar-refractivity contribution in [3.63, 3.8) is 0 Å². The lowest BCUT2D eigenvalue weighted by Crippen LogP contribution is -2.36. The van der Waals surface area contributed by atoms with Crippen LogP contribution in [0.25, 0.3) is 10.8 Å². The zero-order chi connectivity index (χ0) is 15.1. The van der Waals surface area contributed by atoms with Crippen LogP contribution in [0.2, 0.25) is 0 Å². The second-order valence-corrected chi connectivity index (χ2v) is 4.85. The van der Waals surface area contributed by atoms with E-state index in [1.54, 1.807) is 4.90 Å². The number of anilines is 1. The zero-order valence-electron chi connectivity index (χ0n) is 12.2. The molecule has 0 aliphatic heterocycles. The molecule has 0 radical (unpaired) electrons. The number of carbonyl (C=O) groups is 1. The predicted octanol–water partition coefficient (Wildman–Crippen LogP) is 4.00. The summed E-state index contributed by atoms with van der Waals surface area (Å²) in [5.41, 5.74) is 0.802. The summed E-state index contributed by atoms with van der Waals surface area (Å²) in [5.74, 6) is 0. The van der Waals surface area contributed by atoms with Gasteiger partial charge in [-0.05, 0) is 17.9 Å². The fraction of sp³-hybridized carbons (Fsp3) is 0.294. The number of fused-ring (bicyclic) bond motifs is 1. The van der Waals surface area contributed by atoms with Crippen molar-refractivity contribution < 1.29 is 4.79 Å². The third kappa shape index (κ3) is 3.73. The van der Waals surface area contributed by atoms with Gasteiger partial charge >= 0.3 is 6.03 Å². The van der Waals surface area contributed by atoms with E-state index in [0.717, 1.165) is 22.9 Å². The van der Waals surface area contributed by atoms with E-state index < -0.39 is 0 Å². The maximum atomic E-state index is 12.4. The van der Waals surface area contributed by atoms with Crippen LogP contribution in [0.1, 0.15) is 19.8 Å². The van der Waals surface area contributed by atoms with Crippen molar-refractivity contribution >= 4 is 22.5 Å². The van der Waals surface area contributed by atoms with Gasteiger partial charge in [-0.2, -0.15) is 5.26 Å². The van der Waals surface area contributed by atoms with Crippen LogP contribution in [0.5, 0.6) is 0 Å². The quantitative estimate of drug-likeness (QED) is 0.900. The molecule has 108 valence electrons. The first kappa shape index (κ1) is 14.9. The summed E-state index contributed by atoms with van der Waals surface area (Å²) in [6, 6.07) is 15.7. The van der Waals surface area contributed by atoms with Gasteiger partial charge in [0, 0.05) is 18.5 Å². The average Bonchev–Trinajstić information content (AvgIpc) is 2.51. The molecular weight excluding hydrogens is 262 g/mol. The van der Waals surface area contributed by atoms with Crippen molar-refractivity contribution in [2.24, 2.45) is 0 Å². The molecule has 0 aliphatic carbocycles. The number of amides is 2. The van der Waals surface area contributed by atoms with Crippen LogP contribution < -0.4 is 5.32 Å². The lowest BCUT2D eigenvalue weighted by Gasteiger charge is -2.21. The first-order valence-electron chi connectivity index (χ1n) is 7.17. The molecule has 0 fully saturated rings. The van der Waals surface area contributed by atoms with Gasteiger partial charge in [0.2, 0.25) is 0 Å². The zero-order valence-corrected chi connectivity index (χ0v) is 12.2. The van der Waals surface area contributed by atoms with Gasteiger partial charge in [-0.15, -0.1) is 0 Å². The summed E-state index contributed by atoms with van der Waals surface area (Å²) >= 11 is 0. The van der Waals surface area contributed by atoms with Crippen LogP contribution in [-0.2, 0) is 0 Å². The highest BCUT2D eigenvalue weighted by Gasteiger charge is 2.13. The van der Waals surface area contributed by atoms with E-state index in [-0.39, 0.29) is 6.03 Å². The molecule has 0 aromatic heterocycles. The topological polar surface area (TPSA) is 56.1 Å². The Balaban J connectivity index is 2.18. The lowest BCUT2D eigenvalue weighted by atomic mass is 10.1. The molecule has 0 saturated carbocycles. The highest BCUT2D eigenvalue weighted by atomic mass is 16.2. The van der Waals surface area contributed by atoms with E-state index in [2.05, 4.69) is 11.4 Å². The van der Waals surface area contributed by atoms with Gasteiger partial charge in [0.25, 0.3) is 0 Å². The summed E-state index contributed by atoms with van der Waals surface area (Å²) < 4.78 is 0. The second kappa shape index (κ2) is 7.30. The first-order chi connectivity index (χ1) is 10.3. The third-order valence-electron chi connectivity index (χ3n) is 3.31. The minimum atomic E-state index is -0.150.